The van der Waals surface area contributed by atoms with Crippen molar-refractivity contribution in [1.29, 1.82) is 0 Å². The number of para-hydroxylation sites is 4. The molecule has 0 aliphatic carbocycles. The fourth-order valence-corrected chi connectivity index (χ4v) is 12.2. The Labute approximate surface area is 436 Å². The molecule has 0 fully saturated rings. The van der Waals surface area contributed by atoms with Crippen molar-refractivity contribution in [3.05, 3.63) is 248 Å². The van der Waals surface area contributed by atoms with Gasteiger partial charge in [0.15, 0.2) is 0 Å². The normalized spacial score (nSPS) is 12.9. The average Bonchev–Trinajstić information content (AvgIpc) is 4.10. The lowest BCUT2D eigenvalue weighted by Gasteiger charge is -2.46. The Kier molecular flexibility index (Phi) is 9.58. The van der Waals surface area contributed by atoms with Crippen molar-refractivity contribution in [2.24, 2.45) is 0 Å². The summed E-state index contributed by atoms with van der Waals surface area (Å²) in [5, 5.41) is 4.50. The molecule has 0 saturated heterocycles. The molecule has 2 aliphatic rings. The molecule has 0 radical (unpaired) electrons. The lowest BCUT2D eigenvalue weighted by Crippen LogP contribution is -2.61. The molecule has 0 spiro atoms. The summed E-state index contributed by atoms with van der Waals surface area (Å²) >= 11 is 0. The van der Waals surface area contributed by atoms with Crippen LogP contribution in [0.15, 0.2) is 251 Å². The van der Waals surface area contributed by atoms with Crippen molar-refractivity contribution in [2.75, 3.05) is 9.80 Å². The molecule has 0 atom stereocenters. The number of nitrogens with zero attached hydrogens (tertiary/aromatic N) is 2. The molecule has 354 valence electrons. The molecule has 0 N–H and O–H groups in total. The smallest absolute Gasteiger partial charge is 0.252 e. The van der Waals surface area contributed by atoms with Gasteiger partial charge in [-0.05, 0) is 134 Å². The van der Waals surface area contributed by atoms with E-state index < -0.39 is 0 Å². The first-order valence-electron chi connectivity index (χ1n) is 26.0. The summed E-state index contributed by atoms with van der Waals surface area (Å²) in [7, 11) is 0. The van der Waals surface area contributed by atoms with Crippen molar-refractivity contribution in [3.8, 4) is 44.5 Å². The molecule has 5 heteroatoms. The van der Waals surface area contributed by atoms with E-state index in [4.69, 9.17) is 8.83 Å². The molecule has 15 rings (SSSR count). The minimum atomic E-state index is -0.185. The van der Waals surface area contributed by atoms with Gasteiger partial charge in [0, 0.05) is 55.4 Å². The van der Waals surface area contributed by atoms with Gasteiger partial charge in [-0.2, -0.15) is 0 Å². The number of benzene rings is 11. The molecule has 11 aromatic carbocycles. The maximum Gasteiger partial charge on any atom is 0.252 e. The van der Waals surface area contributed by atoms with E-state index in [1.807, 2.05) is 12.1 Å². The van der Waals surface area contributed by atoms with Crippen LogP contribution < -0.4 is 26.2 Å². The third-order valence-corrected chi connectivity index (χ3v) is 15.8. The molecule has 13 aromatic rings. The highest BCUT2D eigenvalue weighted by Crippen LogP contribution is 2.50. The molecular weight excluding hydrogens is 912 g/mol. The van der Waals surface area contributed by atoms with Gasteiger partial charge in [-0.15, -0.1) is 0 Å². The molecule has 0 unspecified atom stereocenters. The Bertz CT molecular complexity index is 4160. The van der Waals surface area contributed by atoms with E-state index in [1.165, 1.54) is 55.6 Å². The highest BCUT2D eigenvalue weighted by Gasteiger charge is 2.45. The van der Waals surface area contributed by atoms with Gasteiger partial charge in [0.1, 0.15) is 22.3 Å². The highest BCUT2D eigenvalue weighted by atomic mass is 16.3. The predicted molar refractivity (Wildman–Crippen MR) is 315 cm³/mol. The fourth-order valence-electron chi connectivity index (χ4n) is 12.2. The fraction of sp³-hybridized carbons (Fsp3) is 0.0571. The second-order valence-corrected chi connectivity index (χ2v) is 21.2. The topological polar surface area (TPSA) is 32.8 Å². The average molecular weight is 961 g/mol. The first-order chi connectivity index (χ1) is 36.8. The van der Waals surface area contributed by atoms with Crippen molar-refractivity contribution >= 4 is 101 Å². The zero-order chi connectivity index (χ0) is 49.9. The Morgan fingerprint density at radius 2 is 0.693 bits per heavy atom. The summed E-state index contributed by atoms with van der Waals surface area (Å²) in [6, 6.07) is 88.9. The summed E-state index contributed by atoms with van der Waals surface area (Å²) in [5.74, 6) is 0. The Balaban J connectivity index is 1.04. The summed E-state index contributed by atoms with van der Waals surface area (Å²) in [4.78, 5) is 5.14. The maximum atomic E-state index is 6.53. The van der Waals surface area contributed by atoms with E-state index in [0.717, 1.165) is 88.9 Å². The summed E-state index contributed by atoms with van der Waals surface area (Å²) in [6.45, 7) is 6.87. The monoisotopic (exact) mass is 960 g/mol. The van der Waals surface area contributed by atoms with Gasteiger partial charge in [0.2, 0.25) is 0 Å². The lowest BCUT2D eigenvalue weighted by molar-refractivity contribution is 0.590. The summed E-state index contributed by atoms with van der Waals surface area (Å²) < 4.78 is 13.1. The van der Waals surface area contributed by atoms with Gasteiger partial charge in [-0.3, -0.25) is 0 Å². The number of fused-ring (bicyclic) bond motifs is 10. The highest BCUT2D eigenvalue weighted by molar-refractivity contribution is 7.00. The summed E-state index contributed by atoms with van der Waals surface area (Å²) in [5.41, 5.74) is 24.5. The molecular formula is C70H49BN2O2. The first kappa shape index (κ1) is 43.3. The van der Waals surface area contributed by atoms with Crippen LogP contribution in [0.1, 0.15) is 26.3 Å². The largest absolute Gasteiger partial charge is 0.456 e. The van der Waals surface area contributed by atoms with Crippen LogP contribution >= 0.6 is 0 Å². The van der Waals surface area contributed by atoms with Crippen molar-refractivity contribution in [2.45, 2.75) is 26.2 Å². The standard InChI is InChI=1S/C70H49BN2O2/c1-70(2,3)50-42-63-69-64(43-50)73(60-27-15-11-23-52(60)45-20-8-5-9-21-45)62-37-33-47(49-31-35-56-54-25-13-17-29-66(54)75-68(56)41-49)39-58(62)71(69)57-38-46(48-30-34-55-53-24-12-16-28-65(53)74-67(55)40-48)32-36-61(57)72(63)59-26-14-10-22-51(59)44-18-6-4-7-19-44/h4-43H,1-3H3. The van der Waals surface area contributed by atoms with Crippen LogP contribution in [0.5, 0.6) is 0 Å². The second kappa shape index (κ2) is 16.6. The minimum Gasteiger partial charge on any atom is -0.456 e. The molecule has 2 aliphatic heterocycles. The molecule has 4 heterocycles. The van der Waals surface area contributed by atoms with Crippen molar-refractivity contribution in [1.82, 2.24) is 0 Å². The zero-order valence-corrected chi connectivity index (χ0v) is 41.9. The van der Waals surface area contributed by atoms with Gasteiger partial charge >= 0.3 is 0 Å². The maximum absolute atomic E-state index is 6.53. The van der Waals surface area contributed by atoms with Gasteiger partial charge in [-0.1, -0.05) is 191 Å². The first-order valence-corrected chi connectivity index (χ1v) is 26.0. The van der Waals surface area contributed by atoms with Crippen LogP contribution in [0.25, 0.3) is 88.4 Å². The number of furan rings is 2. The quantitative estimate of drug-likeness (QED) is 0.156. The van der Waals surface area contributed by atoms with E-state index in [0.29, 0.717) is 0 Å². The van der Waals surface area contributed by atoms with E-state index in [-0.39, 0.29) is 12.1 Å². The van der Waals surface area contributed by atoms with Gasteiger partial charge in [-0.25, -0.2) is 0 Å². The van der Waals surface area contributed by atoms with Crippen molar-refractivity contribution < 1.29 is 8.83 Å². The third-order valence-electron chi connectivity index (χ3n) is 15.8. The van der Waals surface area contributed by atoms with Crippen LogP contribution in [-0.4, -0.2) is 6.71 Å². The Morgan fingerprint density at radius 1 is 0.307 bits per heavy atom. The van der Waals surface area contributed by atoms with Crippen LogP contribution in [0.2, 0.25) is 0 Å². The molecule has 75 heavy (non-hydrogen) atoms. The Hall–Kier alpha value is -9.32. The van der Waals surface area contributed by atoms with Crippen LogP contribution in [0, 0.1) is 0 Å². The third kappa shape index (κ3) is 6.85. The zero-order valence-electron chi connectivity index (χ0n) is 41.9. The van der Waals surface area contributed by atoms with Crippen LogP contribution in [0.4, 0.5) is 34.1 Å². The molecule has 4 nitrogen and oxygen atoms in total. The predicted octanol–water partition coefficient (Wildman–Crippen LogP) is 17.5. The van der Waals surface area contributed by atoms with Gasteiger partial charge in [0.05, 0.1) is 11.4 Å². The van der Waals surface area contributed by atoms with E-state index in [2.05, 4.69) is 261 Å². The van der Waals surface area contributed by atoms with E-state index >= 15 is 0 Å². The molecule has 2 aromatic heterocycles. The number of rotatable bonds is 6. The minimum absolute atomic E-state index is 0.154. The molecule has 0 saturated carbocycles. The van der Waals surface area contributed by atoms with Crippen LogP contribution in [-0.2, 0) is 5.41 Å². The van der Waals surface area contributed by atoms with E-state index in [1.54, 1.807) is 0 Å². The SMILES string of the molecule is CC(C)(C)c1cc2c3c(c1)N(c1ccccc1-c1ccccc1)c1ccc(-c4ccc5c(c4)oc4ccccc45)cc1B3c1cc(-c3ccc4c(c3)oc3ccccc34)ccc1N2c1ccccc1-c1ccccc1. The number of hydrogen-bond donors (Lipinski definition) is 0. The lowest BCUT2D eigenvalue weighted by atomic mass is 9.33. The van der Waals surface area contributed by atoms with Crippen molar-refractivity contribution in [3.63, 3.8) is 0 Å². The Morgan fingerprint density at radius 3 is 1.16 bits per heavy atom. The van der Waals surface area contributed by atoms with Gasteiger partial charge < -0.3 is 18.6 Å². The number of hydrogen-bond acceptors (Lipinski definition) is 4. The second-order valence-electron chi connectivity index (χ2n) is 21.2. The van der Waals surface area contributed by atoms with Crippen LogP contribution in [0.3, 0.4) is 0 Å². The molecule has 0 bridgehead atoms. The summed E-state index contributed by atoms with van der Waals surface area (Å²) in [6.07, 6.45) is 0. The van der Waals surface area contributed by atoms with Gasteiger partial charge in [0.25, 0.3) is 6.71 Å². The molecule has 0 amide bonds. The van der Waals surface area contributed by atoms with E-state index in [9.17, 15) is 0 Å². The number of anilines is 6.